The summed E-state index contributed by atoms with van der Waals surface area (Å²) in [5.74, 6) is -3.82. The standard InChI is InChI=1S/C35H31F5N6O3/c1-44-11-7-19-15-27(34(48)20-13-24(36)30(25(37)14-20)43-28(47)6-3-9-41-21-8-12-49-17-21)46-10-4-5-22(32(19)46)29-23(35(38,39)40)16-26-31(33(29)44)42-18-45(26)2/h3-6,10,13-16,18,21,41H,7-9,11-12,17H2,1-2H3,(H,43,47)/b6-3+/t21-/m1/s1. The smallest absolute Gasteiger partial charge is 0.380 e. The van der Waals surface area contributed by atoms with Crippen molar-refractivity contribution in [1.82, 2.24) is 19.3 Å². The van der Waals surface area contributed by atoms with Gasteiger partial charge in [-0.15, -0.1) is 0 Å². The van der Waals surface area contributed by atoms with Crippen LogP contribution in [0.5, 0.6) is 0 Å². The van der Waals surface area contributed by atoms with E-state index >= 15 is 8.78 Å². The third-order valence-corrected chi connectivity index (χ3v) is 9.04. The fourth-order valence-electron chi connectivity index (χ4n) is 6.65. The highest BCUT2D eigenvalue weighted by molar-refractivity contribution is 6.11. The molecule has 5 aromatic rings. The molecule has 7 rings (SSSR count). The first-order valence-electron chi connectivity index (χ1n) is 15.6. The lowest BCUT2D eigenvalue weighted by Gasteiger charge is -2.28. The molecule has 2 aromatic carbocycles. The number of carbonyl (C=O) groups is 2. The molecule has 0 bridgehead atoms. The molecular weight excluding hydrogens is 647 g/mol. The van der Waals surface area contributed by atoms with Crippen LogP contribution in [0.25, 0.3) is 27.7 Å². The molecule has 1 saturated heterocycles. The molecule has 1 fully saturated rings. The van der Waals surface area contributed by atoms with Crippen molar-refractivity contribution < 1.29 is 36.3 Å². The maximum absolute atomic E-state index is 15.2. The predicted octanol–water partition coefficient (Wildman–Crippen LogP) is 5.89. The normalized spacial score (nSPS) is 16.4. The number of aromatic nitrogens is 3. The van der Waals surface area contributed by atoms with Gasteiger partial charge in [-0.3, -0.25) is 9.59 Å². The van der Waals surface area contributed by atoms with Crippen LogP contribution in [-0.2, 0) is 29.2 Å². The quantitative estimate of drug-likeness (QED) is 0.127. The van der Waals surface area contributed by atoms with Crippen LogP contribution in [0, 0.1) is 11.6 Å². The Hall–Kier alpha value is -5.08. The van der Waals surface area contributed by atoms with Crippen molar-refractivity contribution in [3.63, 3.8) is 0 Å². The number of alkyl halides is 3. The van der Waals surface area contributed by atoms with Crippen molar-refractivity contribution in [3.8, 4) is 11.1 Å². The van der Waals surface area contributed by atoms with Gasteiger partial charge in [0.25, 0.3) is 0 Å². The van der Waals surface area contributed by atoms with Gasteiger partial charge in [-0.2, -0.15) is 13.2 Å². The predicted molar refractivity (Wildman–Crippen MR) is 174 cm³/mol. The number of nitrogens with zero attached hydrogens (tertiary/aromatic N) is 4. The maximum atomic E-state index is 15.2. The van der Waals surface area contributed by atoms with E-state index in [0.717, 1.165) is 30.7 Å². The van der Waals surface area contributed by atoms with Crippen molar-refractivity contribution in [1.29, 1.82) is 0 Å². The Labute approximate surface area is 277 Å². The van der Waals surface area contributed by atoms with Crippen molar-refractivity contribution in [2.24, 2.45) is 7.05 Å². The summed E-state index contributed by atoms with van der Waals surface area (Å²) in [4.78, 5) is 32.4. The number of hydrogen-bond donors (Lipinski definition) is 2. The van der Waals surface area contributed by atoms with E-state index in [0.29, 0.717) is 60.5 Å². The highest BCUT2D eigenvalue weighted by atomic mass is 19.4. The van der Waals surface area contributed by atoms with Gasteiger partial charge in [-0.25, -0.2) is 13.8 Å². The lowest BCUT2D eigenvalue weighted by Crippen LogP contribution is -2.29. The maximum Gasteiger partial charge on any atom is 0.417 e. The van der Waals surface area contributed by atoms with Crippen LogP contribution < -0.4 is 15.5 Å². The second kappa shape index (κ2) is 12.4. The molecule has 2 aliphatic heterocycles. The van der Waals surface area contributed by atoms with Gasteiger partial charge in [0.1, 0.15) is 22.8 Å². The minimum absolute atomic E-state index is 0.0177. The zero-order valence-corrected chi connectivity index (χ0v) is 26.5. The van der Waals surface area contributed by atoms with Gasteiger partial charge in [0.2, 0.25) is 11.7 Å². The number of imidazole rings is 1. The molecule has 0 unspecified atom stereocenters. The minimum atomic E-state index is -4.72. The van der Waals surface area contributed by atoms with Crippen LogP contribution >= 0.6 is 0 Å². The Morgan fingerprint density at radius 2 is 1.90 bits per heavy atom. The van der Waals surface area contributed by atoms with Gasteiger partial charge in [0.15, 0.2) is 0 Å². The van der Waals surface area contributed by atoms with Gasteiger partial charge in [0.05, 0.1) is 40.9 Å². The number of nitrogens with one attached hydrogen (secondary N) is 2. The molecule has 0 saturated carbocycles. The summed E-state index contributed by atoms with van der Waals surface area (Å²) in [5.41, 5.74) is 0.320. The Balaban J connectivity index is 1.25. The summed E-state index contributed by atoms with van der Waals surface area (Å²) < 4.78 is 82.9. The van der Waals surface area contributed by atoms with E-state index in [-0.39, 0.29) is 28.4 Å². The van der Waals surface area contributed by atoms with Crippen molar-refractivity contribution >= 4 is 39.6 Å². The Morgan fingerprint density at radius 1 is 1.12 bits per heavy atom. The first-order valence-corrected chi connectivity index (χ1v) is 15.6. The van der Waals surface area contributed by atoms with Gasteiger partial charge in [0, 0.05) is 68.8 Å². The van der Waals surface area contributed by atoms with Crippen LogP contribution in [-0.4, -0.2) is 65.0 Å². The molecule has 0 radical (unpaired) electrons. The van der Waals surface area contributed by atoms with E-state index in [1.54, 1.807) is 31.1 Å². The van der Waals surface area contributed by atoms with Gasteiger partial charge in [-0.1, -0.05) is 12.1 Å². The first kappa shape index (κ1) is 32.5. The third kappa shape index (κ3) is 5.84. The summed E-state index contributed by atoms with van der Waals surface area (Å²) in [6.45, 7) is 1.90. The van der Waals surface area contributed by atoms with Crippen molar-refractivity contribution in [3.05, 3.63) is 95.1 Å². The Bertz CT molecular complexity index is 2140. The monoisotopic (exact) mass is 678 g/mol. The summed E-state index contributed by atoms with van der Waals surface area (Å²) in [5, 5.41) is 5.36. The second-order valence-corrected chi connectivity index (χ2v) is 12.2. The molecule has 5 heterocycles. The van der Waals surface area contributed by atoms with E-state index in [4.69, 9.17) is 4.74 Å². The van der Waals surface area contributed by atoms with E-state index in [2.05, 4.69) is 15.6 Å². The number of aryl methyl sites for hydroxylation is 1. The molecule has 1 amide bonds. The number of ether oxygens (including phenoxy) is 1. The summed E-state index contributed by atoms with van der Waals surface area (Å²) >= 11 is 0. The number of amides is 1. The molecular formula is C35H31F5N6O3. The number of hydrogen-bond acceptors (Lipinski definition) is 6. The summed E-state index contributed by atoms with van der Waals surface area (Å²) in [6.07, 6.45) is 2.17. The van der Waals surface area contributed by atoms with E-state index in [1.807, 2.05) is 0 Å². The van der Waals surface area contributed by atoms with E-state index < -0.39 is 40.8 Å². The number of carbonyl (C=O) groups excluding carboxylic acids is 2. The third-order valence-electron chi connectivity index (χ3n) is 9.04. The number of benzene rings is 2. The molecule has 2 aliphatic rings. The largest absolute Gasteiger partial charge is 0.417 e. The number of pyridine rings is 1. The fraction of sp³-hybridized carbons (Fsp3) is 0.286. The molecule has 3 aromatic heterocycles. The SMILES string of the molecule is CN1CCc2cc(C(=O)c3cc(F)c(NC(=O)/C=C/CN[C@@H]4CCOC4)c(F)c3)n3cccc(c23)-c2c(C(F)(F)F)cc3c(ncn3C)c21. The lowest BCUT2D eigenvalue weighted by molar-refractivity contribution is -0.137. The van der Waals surface area contributed by atoms with Gasteiger partial charge in [-0.05, 0) is 48.7 Å². The van der Waals surface area contributed by atoms with Crippen LogP contribution in [0.1, 0.15) is 33.6 Å². The number of rotatable bonds is 7. The molecule has 9 nitrogen and oxygen atoms in total. The number of anilines is 2. The second-order valence-electron chi connectivity index (χ2n) is 12.2. The first-order chi connectivity index (χ1) is 23.4. The average molecular weight is 679 g/mol. The van der Waals surface area contributed by atoms with Crippen LogP contribution in [0.15, 0.2) is 61.1 Å². The Kier molecular flexibility index (Phi) is 8.23. The van der Waals surface area contributed by atoms with Gasteiger partial charge < -0.3 is 29.2 Å². The fourth-order valence-corrected chi connectivity index (χ4v) is 6.65. The molecule has 0 aliphatic carbocycles. The molecule has 49 heavy (non-hydrogen) atoms. The van der Waals surface area contributed by atoms with Crippen molar-refractivity contribution in [2.75, 3.05) is 43.6 Å². The van der Waals surface area contributed by atoms with Crippen LogP contribution in [0.2, 0.25) is 0 Å². The molecule has 1 atom stereocenters. The lowest BCUT2D eigenvalue weighted by atomic mass is 9.92. The molecule has 2 N–H and O–H groups in total. The highest BCUT2D eigenvalue weighted by Crippen LogP contribution is 2.48. The zero-order valence-electron chi connectivity index (χ0n) is 26.5. The number of likely N-dealkylation sites (N-methyl/N-ethyl adjacent to an activating group) is 1. The van der Waals surface area contributed by atoms with E-state index in [1.165, 1.54) is 33.6 Å². The minimum Gasteiger partial charge on any atom is -0.380 e. The number of halogens is 5. The average Bonchev–Trinajstić information content (AvgIpc) is 3.80. The zero-order chi connectivity index (χ0) is 34.6. The Morgan fingerprint density at radius 3 is 2.61 bits per heavy atom. The number of ketones is 1. The molecule has 254 valence electrons. The van der Waals surface area contributed by atoms with E-state index in [9.17, 15) is 22.8 Å². The highest BCUT2D eigenvalue weighted by Gasteiger charge is 2.39. The van der Waals surface area contributed by atoms with Crippen LogP contribution in [0.3, 0.4) is 0 Å². The number of fused-ring (bicyclic) bond motifs is 4. The van der Waals surface area contributed by atoms with Crippen LogP contribution in [0.4, 0.5) is 33.3 Å². The van der Waals surface area contributed by atoms with Crippen molar-refractivity contribution in [2.45, 2.75) is 25.1 Å². The topological polar surface area (TPSA) is 92.9 Å². The summed E-state index contributed by atoms with van der Waals surface area (Å²) in [6, 6.07) is 7.56. The molecule has 0 spiro atoms. The molecule has 14 heteroatoms. The van der Waals surface area contributed by atoms with Gasteiger partial charge >= 0.3 is 6.18 Å². The summed E-state index contributed by atoms with van der Waals surface area (Å²) in [7, 11) is 3.33.